The summed E-state index contributed by atoms with van der Waals surface area (Å²) in [6.07, 6.45) is 0. The van der Waals surface area contributed by atoms with Crippen molar-refractivity contribution in [2.24, 2.45) is 0 Å². The van der Waals surface area contributed by atoms with Crippen molar-refractivity contribution in [3.8, 4) is 0 Å². The van der Waals surface area contributed by atoms with Gasteiger partial charge in [0.1, 0.15) is 12.1 Å². The van der Waals surface area contributed by atoms with Gasteiger partial charge < -0.3 is 9.52 Å². The molecule has 0 aliphatic rings. The third-order valence-electron chi connectivity index (χ3n) is 1.82. The molecule has 0 atom stereocenters. The van der Waals surface area contributed by atoms with Crippen molar-refractivity contribution in [2.75, 3.05) is 0 Å². The minimum absolute atomic E-state index is 0.156. The maximum absolute atomic E-state index is 8.83. The van der Waals surface area contributed by atoms with Crippen LogP contribution < -0.4 is 0 Å². The summed E-state index contributed by atoms with van der Waals surface area (Å²) in [5.41, 5.74) is 2.59. The zero-order valence-corrected chi connectivity index (χ0v) is 8.41. The zero-order valence-electron chi connectivity index (χ0n) is 6.83. The van der Waals surface area contributed by atoms with Crippen molar-refractivity contribution in [1.82, 2.24) is 4.98 Å². The Balaban J connectivity index is 2.67. The Morgan fingerprint density at radius 1 is 1.46 bits per heavy atom. The lowest BCUT2D eigenvalue weighted by atomic mass is 10.2. The fraction of sp³-hybridized carbons (Fsp3) is 0.222. The number of oxazole rings is 1. The Kier molecular flexibility index (Phi) is 2.33. The number of aliphatic hydroxyl groups is 1. The molecule has 0 bridgehead atoms. The zero-order chi connectivity index (χ0) is 9.26. The number of para-hydroxylation sites is 1. The predicted molar refractivity (Wildman–Crippen MR) is 52.6 cm³/mol. The highest BCUT2D eigenvalue weighted by Crippen LogP contribution is 2.21. The van der Waals surface area contributed by atoms with Crippen LogP contribution in [0, 0.1) is 0 Å². The SMILES string of the molecule is OCc1nc2cccc(CBr)c2o1. The highest BCUT2D eigenvalue weighted by molar-refractivity contribution is 9.08. The van der Waals surface area contributed by atoms with Crippen LogP contribution in [0.3, 0.4) is 0 Å². The van der Waals surface area contributed by atoms with E-state index in [4.69, 9.17) is 9.52 Å². The number of halogens is 1. The molecule has 0 spiro atoms. The van der Waals surface area contributed by atoms with Gasteiger partial charge in [0.15, 0.2) is 5.58 Å². The number of nitrogens with zero attached hydrogens (tertiary/aromatic N) is 1. The average Bonchev–Trinajstić information content (AvgIpc) is 2.59. The van der Waals surface area contributed by atoms with Crippen LogP contribution in [0.15, 0.2) is 22.6 Å². The molecule has 1 aromatic heterocycles. The van der Waals surface area contributed by atoms with Gasteiger partial charge in [-0.05, 0) is 6.07 Å². The maximum atomic E-state index is 8.83. The van der Waals surface area contributed by atoms with Crippen molar-refractivity contribution < 1.29 is 9.52 Å². The number of hydrogen-bond acceptors (Lipinski definition) is 3. The molecule has 68 valence electrons. The first-order valence-corrected chi connectivity index (χ1v) is 5.01. The first-order valence-electron chi connectivity index (χ1n) is 3.89. The molecular formula is C9H8BrNO2. The van der Waals surface area contributed by atoms with Crippen molar-refractivity contribution in [3.05, 3.63) is 29.7 Å². The van der Waals surface area contributed by atoms with Gasteiger partial charge in [0.2, 0.25) is 5.89 Å². The third-order valence-corrected chi connectivity index (χ3v) is 2.42. The Bertz CT molecular complexity index is 424. The van der Waals surface area contributed by atoms with E-state index >= 15 is 0 Å². The molecule has 0 fully saturated rings. The average molecular weight is 242 g/mol. The molecule has 0 radical (unpaired) electrons. The van der Waals surface area contributed by atoms with Crippen LogP contribution in [0.4, 0.5) is 0 Å². The first kappa shape index (κ1) is 8.72. The number of rotatable bonds is 2. The van der Waals surface area contributed by atoms with E-state index in [2.05, 4.69) is 20.9 Å². The summed E-state index contributed by atoms with van der Waals surface area (Å²) in [6.45, 7) is -0.156. The van der Waals surface area contributed by atoms with Crippen LogP contribution in [0.1, 0.15) is 11.5 Å². The van der Waals surface area contributed by atoms with Gasteiger partial charge in [-0.25, -0.2) is 4.98 Å². The molecule has 2 rings (SSSR count). The molecule has 0 unspecified atom stereocenters. The molecule has 1 aromatic carbocycles. The summed E-state index contributed by atoms with van der Waals surface area (Å²) in [7, 11) is 0. The largest absolute Gasteiger partial charge is 0.438 e. The summed E-state index contributed by atoms with van der Waals surface area (Å²) in [4.78, 5) is 4.10. The summed E-state index contributed by atoms with van der Waals surface area (Å²) >= 11 is 3.36. The lowest BCUT2D eigenvalue weighted by molar-refractivity contribution is 0.244. The third kappa shape index (κ3) is 1.47. The monoisotopic (exact) mass is 241 g/mol. The second-order valence-electron chi connectivity index (χ2n) is 2.66. The molecule has 4 heteroatoms. The molecule has 1 heterocycles. The molecule has 0 aliphatic heterocycles. The van der Waals surface area contributed by atoms with Gasteiger partial charge in [0, 0.05) is 10.9 Å². The van der Waals surface area contributed by atoms with E-state index in [0.717, 1.165) is 22.0 Å². The molecule has 3 nitrogen and oxygen atoms in total. The second kappa shape index (κ2) is 3.47. The van der Waals surface area contributed by atoms with Gasteiger partial charge in [0.05, 0.1) is 0 Å². The Morgan fingerprint density at radius 3 is 3.00 bits per heavy atom. The van der Waals surface area contributed by atoms with Gasteiger partial charge >= 0.3 is 0 Å². The lowest BCUT2D eigenvalue weighted by Gasteiger charge is -1.93. The van der Waals surface area contributed by atoms with Crippen LogP contribution in [0.25, 0.3) is 11.1 Å². The van der Waals surface area contributed by atoms with E-state index in [1.165, 1.54) is 0 Å². The van der Waals surface area contributed by atoms with Crippen LogP contribution in [0.5, 0.6) is 0 Å². The minimum Gasteiger partial charge on any atom is -0.438 e. The number of aliphatic hydroxyl groups excluding tert-OH is 1. The van der Waals surface area contributed by atoms with Gasteiger partial charge in [-0.3, -0.25) is 0 Å². The van der Waals surface area contributed by atoms with E-state index < -0.39 is 0 Å². The minimum atomic E-state index is -0.156. The molecule has 0 aliphatic carbocycles. The van der Waals surface area contributed by atoms with Crippen molar-refractivity contribution in [1.29, 1.82) is 0 Å². The van der Waals surface area contributed by atoms with Crippen molar-refractivity contribution in [3.63, 3.8) is 0 Å². The molecule has 0 saturated carbocycles. The fourth-order valence-electron chi connectivity index (χ4n) is 1.22. The topological polar surface area (TPSA) is 46.3 Å². The summed E-state index contributed by atoms with van der Waals surface area (Å²) in [5.74, 6) is 0.364. The van der Waals surface area contributed by atoms with Gasteiger partial charge in [0.25, 0.3) is 0 Å². The molecular weight excluding hydrogens is 234 g/mol. The smallest absolute Gasteiger partial charge is 0.221 e. The Morgan fingerprint density at radius 2 is 2.31 bits per heavy atom. The number of alkyl halides is 1. The first-order chi connectivity index (χ1) is 6.35. The van der Waals surface area contributed by atoms with E-state index in [9.17, 15) is 0 Å². The quantitative estimate of drug-likeness (QED) is 0.821. The Hall–Kier alpha value is -0.870. The summed E-state index contributed by atoms with van der Waals surface area (Å²) in [5, 5.41) is 9.56. The molecule has 1 N–H and O–H groups in total. The highest BCUT2D eigenvalue weighted by Gasteiger charge is 2.07. The standard InChI is InChI=1S/C9H8BrNO2/c10-4-6-2-1-3-7-9(6)13-8(5-12)11-7/h1-3,12H,4-5H2. The Labute approximate surface area is 83.5 Å². The molecule has 0 amide bonds. The molecule has 13 heavy (non-hydrogen) atoms. The van der Waals surface area contributed by atoms with E-state index in [1.54, 1.807) is 0 Å². The van der Waals surface area contributed by atoms with Gasteiger partial charge in [-0.1, -0.05) is 28.1 Å². The number of benzene rings is 1. The lowest BCUT2D eigenvalue weighted by Crippen LogP contribution is -1.78. The van der Waals surface area contributed by atoms with E-state index in [-0.39, 0.29) is 6.61 Å². The number of fused-ring (bicyclic) bond motifs is 1. The normalized spacial score (nSPS) is 10.9. The number of aromatic nitrogens is 1. The van der Waals surface area contributed by atoms with Crippen molar-refractivity contribution in [2.45, 2.75) is 11.9 Å². The number of hydrogen-bond donors (Lipinski definition) is 1. The predicted octanol–water partition coefficient (Wildman–Crippen LogP) is 2.21. The van der Waals surface area contributed by atoms with Gasteiger partial charge in [-0.2, -0.15) is 0 Å². The van der Waals surface area contributed by atoms with Crippen molar-refractivity contribution >= 4 is 27.0 Å². The molecule has 2 aromatic rings. The van der Waals surface area contributed by atoms with E-state index in [0.29, 0.717) is 5.89 Å². The van der Waals surface area contributed by atoms with Crippen LogP contribution in [0.2, 0.25) is 0 Å². The highest BCUT2D eigenvalue weighted by atomic mass is 79.9. The summed E-state index contributed by atoms with van der Waals surface area (Å²) in [6, 6.07) is 5.75. The van der Waals surface area contributed by atoms with Gasteiger partial charge in [-0.15, -0.1) is 0 Å². The van der Waals surface area contributed by atoms with Crippen LogP contribution in [-0.2, 0) is 11.9 Å². The fourth-order valence-corrected chi connectivity index (χ4v) is 1.67. The summed E-state index contributed by atoms with van der Waals surface area (Å²) < 4.78 is 5.35. The second-order valence-corrected chi connectivity index (χ2v) is 3.23. The van der Waals surface area contributed by atoms with E-state index in [1.807, 2.05) is 18.2 Å². The maximum Gasteiger partial charge on any atom is 0.221 e. The van der Waals surface area contributed by atoms with Crippen LogP contribution >= 0.6 is 15.9 Å². The van der Waals surface area contributed by atoms with Crippen LogP contribution in [-0.4, -0.2) is 10.1 Å². The molecule has 0 saturated heterocycles.